The van der Waals surface area contributed by atoms with Gasteiger partial charge in [0, 0.05) is 29.4 Å². The van der Waals surface area contributed by atoms with E-state index in [1.54, 1.807) is 0 Å². The van der Waals surface area contributed by atoms with Gasteiger partial charge in [0.05, 0.1) is 18.0 Å². The van der Waals surface area contributed by atoms with Crippen LogP contribution in [-0.4, -0.2) is 30.7 Å². The molecular formula is C23H25NOS2. The van der Waals surface area contributed by atoms with Crippen molar-refractivity contribution >= 4 is 23.1 Å². The number of thiophene rings is 1. The Morgan fingerprint density at radius 1 is 1.07 bits per heavy atom. The van der Waals surface area contributed by atoms with Crippen LogP contribution < -0.4 is 0 Å². The number of morpholine rings is 1. The standard InChI is InChI=1S/C23H25NOS2/c1-18-22(12-15-26-18)27-23(20-10-6-3-7-11-20)21-17-24(13-14-25-21)16-19-8-4-2-5-9-19/h2-12,15,21,23H,13-14,16-17H2,1H3/t21-,23-/m1/s1. The van der Waals surface area contributed by atoms with Crippen molar-refractivity contribution in [2.75, 3.05) is 19.7 Å². The second kappa shape index (κ2) is 9.07. The highest BCUT2D eigenvalue weighted by molar-refractivity contribution is 7.99. The zero-order valence-corrected chi connectivity index (χ0v) is 17.2. The van der Waals surface area contributed by atoms with Crippen molar-refractivity contribution < 1.29 is 4.74 Å². The molecule has 0 N–H and O–H groups in total. The van der Waals surface area contributed by atoms with Gasteiger partial charge in [-0.15, -0.1) is 23.1 Å². The molecule has 1 aromatic heterocycles. The first-order valence-corrected chi connectivity index (χ1v) is 11.2. The van der Waals surface area contributed by atoms with Crippen LogP contribution in [-0.2, 0) is 11.3 Å². The van der Waals surface area contributed by atoms with Gasteiger partial charge in [0.25, 0.3) is 0 Å². The first kappa shape index (κ1) is 18.8. The lowest BCUT2D eigenvalue weighted by atomic mass is 10.1. The molecule has 1 aliphatic rings. The molecule has 0 bridgehead atoms. The van der Waals surface area contributed by atoms with Crippen LogP contribution in [0.4, 0.5) is 0 Å². The summed E-state index contributed by atoms with van der Waals surface area (Å²) in [5.74, 6) is 0. The molecule has 27 heavy (non-hydrogen) atoms. The third-order valence-corrected chi connectivity index (χ3v) is 7.46. The third kappa shape index (κ3) is 4.82. The van der Waals surface area contributed by atoms with Gasteiger partial charge < -0.3 is 4.74 Å². The molecule has 0 unspecified atom stereocenters. The van der Waals surface area contributed by atoms with Gasteiger partial charge in [0.2, 0.25) is 0 Å². The Labute approximate surface area is 170 Å². The number of hydrogen-bond acceptors (Lipinski definition) is 4. The fourth-order valence-corrected chi connectivity index (χ4v) is 5.70. The predicted molar refractivity (Wildman–Crippen MR) is 116 cm³/mol. The summed E-state index contributed by atoms with van der Waals surface area (Å²) < 4.78 is 6.29. The minimum Gasteiger partial charge on any atom is -0.374 e. The summed E-state index contributed by atoms with van der Waals surface area (Å²) in [4.78, 5) is 5.29. The lowest BCUT2D eigenvalue weighted by Crippen LogP contribution is -2.44. The van der Waals surface area contributed by atoms with E-state index in [2.05, 4.69) is 83.9 Å². The highest BCUT2D eigenvalue weighted by Crippen LogP contribution is 2.42. The third-order valence-electron chi connectivity index (χ3n) is 4.96. The average molecular weight is 396 g/mol. The summed E-state index contributed by atoms with van der Waals surface area (Å²) in [7, 11) is 0. The highest BCUT2D eigenvalue weighted by Gasteiger charge is 2.30. The minimum absolute atomic E-state index is 0.189. The number of nitrogens with zero attached hydrogens (tertiary/aromatic N) is 1. The molecule has 140 valence electrons. The summed E-state index contributed by atoms with van der Waals surface area (Å²) >= 11 is 3.77. The summed E-state index contributed by atoms with van der Waals surface area (Å²) in [6.07, 6.45) is 0.189. The van der Waals surface area contributed by atoms with Crippen molar-refractivity contribution in [1.29, 1.82) is 0 Å². The Balaban J connectivity index is 1.53. The van der Waals surface area contributed by atoms with Crippen LogP contribution in [0.1, 0.15) is 21.3 Å². The quantitative estimate of drug-likeness (QED) is 0.490. The molecule has 2 nitrogen and oxygen atoms in total. The van der Waals surface area contributed by atoms with Gasteiger partial charge in [-0.2, -0.15) is 0 Å². The van der Waals surface area contributed by atoms with E-state index in [0.29, 0.717) is 5.25 Å². The minimum atomic E-state index is 0.189. The number of hydrogen-bond donors (Lipinski definition) is 0. The first-order valence-electron chi connectivity index (χ1n) is 9.43. The molecule has 2 heterocycles. The van der Waals surface area contributed by atoms with Crippen molar-refractivity contribution in [3.8, 4) is 0 Å². The SMILES string of the molecule is Cc1sccc1S[C@H](c1ccccc1)[C@H]1CN(Cc2ccccc2)CCO1. The van der Waals surface area contributed by atoms with Crippen molar-refractivity contribution in [3.05, 3.63) is 88.1 Å². The predicted octanol–water partition coefficient (Wildman–Crippen LogP) is 5.79. The molecule has 3 aromatic rings. The molecule has 1 aliphatic heterocycles. The molecule has 0 radical (unpaired) electrons. The van der Waals surface area contributed by atoms with Crippen molar-refractivity contribution in [2.45, 2.75) is 29.7 Å². The number of rotatable bonds is 6. The van der Waals surface area contributed by atoms with E-state index in [0.717, 1.165) is 26.2 Å². The molecule has 4 rings (SSSR count). The fourth-order valence-electron chi connectivity index (χ4n) is 3.53. The summed E-state index contributed by atoms with van der Waals surface area (Å²) in [5, 5.41) is 2.49. The molecule has 2 atom stereocenters. The Hall–Kier alpha value is -1.59. The maximum atomic E-state index is 6.29. The van der Waals surface area contributed by atoms with Gasteiger partial charge in [0.1, 0.15) is 0 Å². The lowest BCUT2D eigenvalue weighted by molar-refractivity contribution is -0.0319. The summed E-state index contributed by atoms with van der Waals surface area (Å²) in [6.45, 7) is 5.95. The van der Waals surface area contributed by atoms with E-state index in [-0.39, 0.29) is 6.10 Å². The molecule has 0 aliphatic carbocycles. The second-order valence-electron chi connectivity index (χ2n) is 6.92. The number of thioether (sulfide) groups is 1. The van der Waals surface area contributed by atoms with E-state index in [1.165, 1.54) is 20.9 Å². The zero-order chi connectivity index (χ0) is 18.5. The van der Waals surface area contributed by atoms with E-state index in [4.69, 9.17) is 4.74 Å². The second-order valence-corrected chi connectivity index (χ2v) is 9.22. The van der Waals surface area contributed by atoms with Crippen molar-refractivity contribution in [2.24, 2.45) is 0 Å². The van der Waals surface area contributed by atoms with Gasteiger partial charge in [-0.25, -0.2) is 0 Å². The van der Waals surface area contributed by atoms with Crippen molar-refractivity contribution in [1.82, 2.24) is 4.90 Å². The van der Waals surface area contributed by atoms with Crippen LogP contribution in [0.5, 0.6) is 0 Å². The smallest absolute Gasteiger partial charge is 0.0865 e. The largest absolute Gasteiger partial charge is 0.374 e. The van der Waals surface area contributed by atoms with Gasteiger partial charge in [0.15, 0.2) is 0 Å². The normalized spacial score (nSPS) is 19.1. The molecule has 1 saturated heterocycles. The Kier molecular flexibility index (Phi) is 6.30. The maximum Gasteiger partial charge on any atom is 0.0865 e. The van der Waals surface area contributed by atoms with Crippen LogP contribution >= 0.6 is 23.1 Å². The topological polar surface area (TPSA) is 12.5 Å². The van der Waals surface area contributed by atoms with Gasteiger partial charge in [-0.1, -0.05) is 60.7 Å². The Morgan fingerprint density at radius 2 is 1.81 bits per heavy atom. The molecular weight excluding hydrogens is 370 g/mol. The van der Waals surface area contributed by atoms with Crippen LogP contribution in [0.3, 0.4) is 0 Å². The number of aryl methyl sites for hydroxylation is 1. The first-order chi connectivity index (χ1) is 13.3. The average Bonchev–Trinajstić information content (AvgIpc) is 3.12. The highest BCUT2D eigenvalue weighted by atomic mass is 32.2. The number of benzene rings is 2. The van der Waals surface area contributed by atoms with E-state index < -0.39 is 0 Å². The van der Waals surface area contributed by atoms with E-state index in [9.17, 15) is 0 Å². The zero-order valence-electron chi connectivity index (χ0n) is 15.6. The Morgan fingerprint density at radius 3 is 2.52 bits per heavy atom. The van der Waals surface area contributed by atoms with Crippen LogP contribution in [0.2, 0.25) is 0 Å². The Bertz CT molecular complexity index is 834. The van der Waals surface area contributed by atoms with E-state index in [1.807, 2.05) is 23.1 Å². The summed E-state index contributed by atoms with van der Waals surface area (Å²) in [5.41, 5.74) is 2.72. The fraction of sp³-hybridized carbons (Fsp3) is 0.304. The number of ether oxygens (including phenoxy) is 1. The monoisotopic (exact) mass is 395 g/mol. The van der Waals surface area contributed by atoms with Crippen LogP contribution in [0, 0.1) is 6.92 Å². The van der Waals surface area contributed by atoms with Crippen LogP contribution in [0.25, 0.3) is 0 Å². The lowest BCUT2D eigenvalue weighted by Gasteiger charge is -2.37. The maximum absolute atomic E-state index is 6.29. The van der Waals surface area contributed by atoms with Crippen molar-refractivity contribution in [3.63, 3.8) is 0 Å². The molecule has 0 amide bonds. The molecule has 0 saturated carbocycles. The molecule has 4 heteroatoms. The molecule has 0 spiro atoms. The van der Waals surface area contributed by atoms with Gasteiger partial charge in [-0.05, 0) is 29.5 Å². The van der Waals surface area contributed by atoms with Gasteiger partial charge in [-0.3, -0.25) is 4.90 Å². The van der Waals surface area contributed by atoms with E-state index >= 15 is 0 Å². The summed E-state index contributed by atoms with van der Waals surface area (Å²) in [6, 6.07) is 23.8. The molecule has 2 aromatic carbocycles. The van der Waals surface area contributed by atoms with Crippen LogP contribution in [0.15, 0.2) is 77.0 Å². The molecule has 1 fully saturated rings. The van der Waals surface area contributed by atoms with Gasteiger partial charge >= 0.3 is 0 Å².